The molecule has 0 radical (unpaired) electrons. The van der Waals surface area contributed by atoms with Crippen molar-refractivity contribution in [1.29, 1.82) is 0 Å². The van der Waals surface area contributed by atoms with E-state index in [1.807, 2.05) is 60.7 Å². The number of nitrogens with one attached hydrogen (secondary N) is 4. The Morgan fingerprint density at radius 3 is 1.73 bits per heavy atom. The molecule has 6 N–H and O–H groups in total. The van der Waals surface area contributed by atoms with Gasteiger partial charge in [0.15, 0.2) is 0 Å². The summed E-state index contributed by atoms with van der Waals surface area (Å²) in [5, 5.41) is 9.73. The number of esters is 1. The zero-order valence-electron chi connectivity index (χ0n) is 40.2. The molecule has 0 aliphatic heterocycles. The fourth-order valence-electron chi connectivity index (χ4n) is 6.49. The molecule has 362 valence electrons. The van der Waals surface area contributed by atoms with Gasteiger partial charge in [-0.15, -0.1) is 0 Å². The number of nitrogens with zero attached hydrogens (tertiary/aromatic N) is 2. The first-order valence-electron chi connectivity index (χ1n) is 21.9. The molecule has 18 nitrogen and oxygen atoms in total. The largest absolute Gasteiger partial charge is 0.511 e. The van der Waals surface area contributed by atoms with Crippen molar-refractivity contribution in [3.05, 3.63) is 90.1 Å². The van der Waals surface area contributed by atoms with Crippen LogP contribution in [0.2, 0.25) is 0 Å². The number of nitrogens with two attached hydrogens (primary N) is 1. The fraction of sp³-hybridized carbons (Fsp3) is 0.521. The Morgan fingerprint density at radius 1 is 0.667 bits per heavy atom. The Balaban J connectivity index is 2.21. The molecule has 18 heteroatoms. The number of rotatable bonds is 20. The van der Waals surface area contributed by atoms with Gasteiger partial charge in [0.1, 0.15) is 24.2 Å². The Morgan fingerprint density at radius 2 is 1.23 bits per heavy atom. The number of methoxy groups -OCH3 is 2. The highest BCUT2D eigenvalue weighted by Crippen LogP contribution is 2.24. The SMILES string of the molecule is COC(=O)N[C@H](C(=O)N[C@@H](Cc1ccccc1)[C@H](CN(Cc1ccc(-c2ccccn2)cc1)NC(=O)[C@@H](NC(=O)OC)C(C)(C)C)OC(=O)OC(OC(=O)[C@@H](N)C(C)C)C(C)C)C(C)(C)C. The molecular formula is C48H69N7O11. The highest BCUT2D eigenvalue weighted by Gasteiger charge is 2.40. The van der Waals surface area contributed by atoms with Crippen LogP contribution in [0, 0.1) is 22.7 Å². The molecule has 3 aromatic rings. The van der Waals surface area contributed by atoms with Gasteiger partial charge in [0, 0.05) is 24.2 Å². The van der Waals surface area contributed by atoms with E-state index in [0.29, 0.717) is 5.56 Å². The molecule has 0 bridgehead atoms. The first-order valence-corrected chi connectivity index (χ1v) is 21.9. The summed E-state index contributed by atoms with van der Waals surface area (Å²) in [4.78, 5) is 85.3. The minimum absolute atomic E-state index is 0.0120. The fourth-order valence-corrected chi connectivity index (χ4v) is 6.49. The summed E-state index contributed by atoms with van der Waals surface area (Å²) in [5.41, 5.74) is 10.3. The van der Waals surface area contributed by atoms with Gasteiger partial charge in [-0.05, 0) is 46.4 Å². The molecule has 0 saturated carbocycles. The first-order chi connectivity index (χ1) is 30.9. The molecule has 0 aliphatic rings. The van der Waals surface area contributed by atoms with E-state index in [-0.39, 0.29) is 25.4 Å². The molecule has 0 spiro atoms. The third-order valence-electron chi connectivity index (χ3n) is 10.4. The van der Waals surface area contributed by atoms with E-state index in [1.54, 1.807) is 87.6 Å². The second-order valence-electron chi connectivity index (χ2n) is 18.8. The van der Waals surface area contributed by atoms with Gasteiger partial charge in [-0.1, -0.05) is 130 Å². The van der Waals surface area contributed by atoms with Gasteiger partial charge in [0.05, 0.1) is 32.5 Å². The number of hydrogen-bond acceptors (Lipinski definition) is 14. The van der Waals surface area contributed by atoms with E-state index in [2.05, 4.69) is 26.4 Å². The van der Waals surface area contributed by atoms with Crippen molar-refractivity contribution in [1.82, 2.24) is 31.4 Å². The molecule has 1 aromatic heterocycles. The van der Waals surface area contributed by atoms with E-state index in [9.17, 15) is 28.8 Å². The highest BCUT2D eigenvalue weighted by atomic mass is 16.8. The second-order valence-corrected chi connectivity index (χ2v) is 18.8. The van der Waals surface area contributed by atoms with Crippen LogP contribution in [0.5, 0.6) is 0 Å². The quantitative estimate of drug-likeness (QED) is 0.0385. The predicted molar refractivity (Wildman–Crippen MR) is 247 cm³/mol. The number of carbonyl (C=O) groups is 6. The van der Waals surface area contributed by atoms with E-state index >= 15 is 0 Å². The van der Waals surface area contributed by atoms with E-state index in [4.69, 9.17) is 29.4 Å². The smallest absolute Gasteiger partial charge is 0.453 e. The summed E-state index contributed by atoms with van der Waals surface area (Å²) in [7, 11) is 2.36. The maximum absolute atomic E-state index is 14.4. The Labute approximate surface area is 388 Å². The van der Waals surface area contributed by atoms with Crippen molar-refractivity contribution >= 4 is 36.1 Å². The molecule has 6 atom stereocenters. The van der Waals surface area contributed by atoms with E-state index in [0.717, 1.165) is 16.8 Å². The van der Waals surface area contributed by atoms with Crippen LogP contribution in [-0.2, 0) is 51.0 Å². The summed E-state index contributed by atoms with van der Waals surface area (Å²) in [5.74, 6) is -2.87. The van der Waals surface area contributed by atoms with Crippen LogP contribution in [0.1, 0.15) is 80.4 Å². The van der Waals surface area contributed by atoms with Gasteiger partial charge in [0.25, 0.3) is 12.2 Å². The molecule has 1 heterocycles. The van der Waals surface area contributed by atoms with Crippen LogP contribution in [0.3, 0.4) is 0 Å². The predicted octanol–water partition coefficient (Wildman–Crippen LogP) is 5.88. The molecule has 0 aliphatic carbocycles. The van der Waals surface area contributed by atoms with Crippen molar-refractivity contribution < 1.29 is 52.5 Å². The Bertz CT molecular complexity index is 2040. The average Bonchev–Trinajstić information content (AvgIpc) is 3.25. The maximum atomic E-state index is 14.4. The third-order valence-corrected chi connectivity index (χ3v) is 10.4. The first kappa shape index (κ1) is 54.1. The highest BCUT2D eigenvalue weighted by molar-refractivity contribution is 5.87. The average molecular weight is 920 g/mol. The van der Waals surface area contributed by atoms with Crippen molar-refractivity contribution in [2.24, 2.45) is 28.4 Å². The van der Waals surface area contributed by atoms with Gasteiger partial charge in [0.2, 0.25) is 5.91 Å². The number of hydrogen-bond donors (Lipinski definition) is 5. The molecule has 0 saturated heterocycles. The topological polar surface area (TPSA) is 239 Å². The Hall–Kier alpha value is -6.27. The molecule has 4 amide bonds. The lowest BCUT2D eigenvalue weighted by Crippen LogP contribution is -2.61. The number of alkyl carbamates (subject to hydrolysis) is 2. The molecular weight excluding hydrogens is 851 g/mol. The van der Waals surface area contributed by atoms with Crippen LogP contribution < -0.4 is 27.1 Å². The van der Waals surface area contributed by atoms with Gasteiger partial charge in [-0.3, -0.25) is 24.8 Å². The van der Waals surface area contributed by atoms with E-state index < -0.39 is 89.4 Å². The zero-order chi connectivity index (χ0) is 49.4. The molecule has 66 heavy (non-hydrogen) atoms. The minimum atomic E-state index is -1.42. The Kier molecular flexibility index (Phi) is 20.4. The lowest BCUT2D eigenvalue weighted by molar-refractivity contribution is -0.183. The van der Waals surface area contributed by atoms with Gasteiger partial charge >= 0.3 is 24.3 Å². The van der Waals surface area contributed by atoms with Crippen LogP contribution in [0.15, 0.2) is 79.0 Å². The third kappa shape index (κ3) is 17.3. The molecule has 1 unspecified atom stereocenters. The summed E-state index contributed by atoms with van der Waals surface area (Å²) in [6, 6.07) is 17.7. The van der Waals surface area contributed by atoms with E-state index in [1.165, 1.54) is 19.2 Å². The van der Waals surface area contributed by atoms with Crippen LogP contribution in [0.25, 0.3) is 11.3 Å². The lowest BCUT2D eigenvalue weighted by atomic mass is 9.85. The van der Waals surface area contributed by atoms with Gasteiger partial charge in [-0.25, -0.2) is 19.4 Å². The van der Waals surface area contributed by atoms with Crippen LogP contribution >= 0.6 is 0 Å². The van der Waals surface area contributed by atoms with Crippen molar-refractivity contribution in [2.75, 3.05) is 20.8 Å². The second kappa shape index (κ2) is 24.9. The van der Waals surface area contributed by atoms with Crippen molar-refractivity contribution in [3.63, 3.8) is 0 Å². The van der Waals surface area contributed by atoms with Gasteiger partial charge < -0.3 is 45.4 Å². The zero-order valence-corrected chi connectivity index (χ0v) is 40.2. The van der Waals surface area contributed by atoms with Crippen LogP contribution in [-0.4, -0.2) is 103 Å². The molecule has 2 aromatic carbocycles. The lowest BCUT2D eigenvalue weighted by Gasteiger charge is -2.37. The number of hydrazine groups is 1. The van der Waals surface area contributed by atoms with Crippen LogP contribution in [0.4, 0.5) is 14.4 Å². The van der Waals surface area contributed by atoms with Crippen molar-refractivity contribution in [3.8, 4) is 11.3 Å². The summed E-state index contributed by atoms with van der Waals surface area (Å²) in [6.07, 6.45) is -3.95. The maximum Gasteiger partial charge on any atom is 0.511 e. The van der Waals surface area contributed by atoms with Gasteiger partial charge in [-0.2, -0.15) is 0 Å². The normalized spacial score (nSPS) is 14.4. The summed E-state index contributed by atoms with van der Waals surface area (Å²) < 4.78 is 27.1. The summed E-state index contributed by atoms with van der Waals surface area (Å²) >= 11 is 0. The molecule has 3 rings (SSSR count). The summed E-state index contributed by atoms with van der Waals surface area (Å²) in [6.45, 7) is 17.1. The number of ether oxygens (including phenoxy) is 5. The number of aromatic nitrogens is 1. The monoisotopic (exact) mass is 920 g/mol. The number of benzene rings is 2. The number of carbonyl (C=O) groups excluding carboxylic acids is 6. The number of pyridine rings is 1. The van der Waals surface area contributed by atoms with Crippen molar-refractivity contribution in [2.45, 2.75) is 119 Å². The standard InChI is InChI=1S/C48H69N7O11/c1-29(2)37(49)42(58)65-43(30(3)4)66-46(61)64-36(35(26-31-18-14-13-15-19-31)51-40(56)38(47(5,6)7)52-44(59)62-11)28-55(54-41(57)39(48(8,9)10)53-45(60)63-12)27-32-21-23-33(24-22-32)34-20-16-17-25-50-34/h13-25,29-30,35-39,43H,26-28,49H2,1-12H3,(H,51,56)(H,52,59)(H,53,60)(H,54,57)/t35-,36-,37-,38+,39+,43?/m0/s1. The number of amides is 4. The minimum Gasteiger partial charge on any atom is -0.453 e. The molecule has 0 fully saturated rings.